The van der Waals surface area contributed by atoms with Gasteiger partial charge < -0.3 is 11.5 Å². The minimum Gasteiger partial charge on any atom is -0.369 e. The normalized spacial score (nSPS) is 28.1. The van der Waals surface area contributed by atoms with Crippen LogP contribution in [0.15, 0.2) is 30.9 Å². The van der Waals surface area contributed by atoms with Gasteiger partial charge in [0.25, 0.3) is 0 Å². The first-order valence-electron chi connectivity index (χ1n) is 6.16. The number of carbonyl (C=O) groups is 1. The number of aromatic nitrogens is 4. The largest absolute Gasteiger partial charge is 0.369 e. The lowest BCUT2D eigenvalue weighted by Gasteiger charge is -2.18. The lowest BCUT2D eigenvalue weighted by molar-refractivity contribution is -0.121. The molecule has 2 aromatic rings. The fourth-order valence-corrected chi connectivity index (χ4v) is 2.60. The van der Waals surface area contributed by atoms with Gasteiger partial charge in [-0.15, -0.1) is 0 Å². The Hall–Kier alpha value is -2.41. The molecule has 7 nitrogen and oxygen atoms in total. The second-order valence-corrected chi connectivity index (χ2v) is 5.03. The smallest absolute Gasteiger partial charge is 0.232 e. The number of nitrogens with zero attached hydrogens (tertiary/aromatic N) is 4. The van der Waals surface area contributed by atoms with E-state index in [2.05, 4.69) is 19.9 Å². The molecule has 1 aliphatic carbocycles. The highest BCUT2D eigenvalue weighted by molar-refractivity contribution is 5.92. The van der Waals surface area contributed by atoms with E-state index < -0.39 is 16.9 Å². The molecule has 3 rings (SSSR count). The van der Waals surface area contributed by atoms with Crippen LogP contribution in [0.2, 0.25) is 0 Å². The van der Waals surface area contributed by atoms with Crippen LogP contribution in [0.25, 0.3) is 0 Å². The summed E-state index contributed by atoms with van der Waals surface area (Å²) in [6, 6.07) is 3.42. The van der Waals surface area contributed by atoms with Crippen LogP contribution >= 0.6 is 0 Å². The van der Waals surface area contributed by atoms with Crippen molar-refractivity contribution in [3.63, 3.8) is 0 Å². The zero-order chi connectivity index (χ0) is 14.4. The topological polar surface area (TPSA) is 121 Å². The molecule has 2 unspecified atom stereocenters. The third kappa shape index (κ3) is 1.53. The maximum absolute atomic E-state index is 12.0. The average Bonchev–Trinajstić information content (AvgIpc) is 3.09. The van der Waals surface area contributed by atoms with Crippen molar-refractivity contribution in [3.05, 3.63) is 48.1 Å². The third-order valence-corrected chi connectivity index (χ3v) is 3.81. The van der Waals surface area contributed by atoms with Gasteiger partial charge in [-0.1, -0.05) is 0 Å². The molecule has 0 saturated heterocycles. The van der Waals surface area contributed by atoms with E-state index >= 15 is 0 Å². The van der Waals surface area contributed by atoms with Crippen molar-refractivity contribution in [2.75, 3.05) is 0 Å². The summed E-state index contributed by atoms with van der Waals surface area (Å²) in [6.45, 7) is 1.84. The molecule has 4 N–H and O–H groups in total. The molecule has 20 heavy (non-hydrogen) atoms. The predicted octanol–water partition coefficient (Wildman–Crippen LogP) is -0.444. The molecule has 2 aromatic heterocycles. The highest BCUT2D eigenvalue weighted by atomic mass is 16.1. The number of hydrogen-bond acceptors (Lipinski definition) is 6. The van der Waals surface area contributed by atoms with Gasteiger partial charge in [-0.25, -0.2) is 19.9 Å². The lowest BCUT2D eigenvalue weighted by atomic mass is 9.94. The molecule has 1 amide bonds. The van der Waals surface area contributed by atoms with E-state index in [1.165, 1.54) is 6.33 Å². The monoisotopic (exact) mass is 270 g/mol. The van der Waals surface area contributed by atoms with E-state index in [1.807, 2.05) is 6.92 Å². The van der Waals surface area contributed by atoms with Crippen molar-refractivity contribution < 1.29 is 4.79 Å². The van der Waals surface area contributed by atoms with Crippen molar-refractivity contribution in [2.24, 2.45) is 11.5 Å². The minimum atomic E-state index is -1.07. The van der Waals surface area contributed by atoms with Gasteiger partial charge in [-0.2, -0.15) is 0 Å². The molecule has 1 aliphatic rings. The van der Waals surface area contributed by atoms with E-state index in [-0.39, 0.29) is 0 Å². The molecular formula is C13H14N6O. The van der Waals surface area contributed by atoms with Crippen LogP contribution in [0.5, 0.6) is 0 Å². The van der Waals surface area contributed by atoms with E-state index in [0.29, 0.717) is 17.9 Å². The first-order chi connectivity index (χ1) is 9.50. The second-order valence-electron chi connectivity index (χ2n) is 5.03. The van der Waals surface area contributed by atoms with Gasteiger partial charge >= 0.3 is 0 Å². The van der Waals surface area contributed by atoms with Gasteiger partial charge in [0.2, 0.25) is 5.91 Å². The van der Waals surface area contributed by atoms with Gasteiger partial charge in [0.1, 0.15) is 17.6 Å². The number of aryl methyl sites for hydroxylation is 1. The summed E-state index contributed by atoms with van der Waals surface area (Å²) in [6.07, 6.45) is 4.89. The number of amides is 1. The summed E-state index contributed by atoms with van der Waals surface area (Å²) in [4.78, 5) is 28.5. The molecule has 0 aliphatic heterocycles. The Kier molecular flexibility index (Phi) is 2.55. The summed E-state index contributed by atoms with van der Waals surface area (Å²) in [5.74, 6) is -0.112. The van der Waals surface area contributed by atoms with Crippen LogP contribution in [-0.2, 0) is 15.7 Å². The summed E-state index contributed by atoms with van der Waals surface area (Å²) >= 11 is 0. The highest BCUT2D eigenvalue weighted by Gasteiger charge is 2.74. The van der Waals surface area contributed by atoms with Crippen molar-refractivity contribution >= 4 is 5.91 Å². The van der Waals surface area contributed by atoms with Crippen LogP contribution in [0.1, 0.15) is 23.6 Å². The van der Waals surface area contributed by atoms with E-state index in [9.17, 15) is 4.79 Å². The SMILES string of the molecule is Cc1ccnc(C2(N)CC2(C(N)=O)c2ccncn2)n1. The first-order valence-corrected chi connectivity index (χ1v) is 6.16. The Labute approximate surface area is 115 Å². The number of rotatable bonds is 3. The molecule has 2 heterocycles. The second kappa shape index (κ2) is 4.04. The standard InChI is InChI=1S/C13H14N6O/c1-8-2-5-17-11(19-8)13(15)6-12(13,10(14)20)9-3-4-16-7-18-9/h2-5,7H,6,15H2,1H3,(H2,14,20). The first kappa shape index (κ1) is 12.6. The molecule has 102 valence electrons. The maximum atomic E-state index is 12.0. The van der Waals surface area contributed by atoms with E-state index in [0.717, 1.165) is 5.69 Å². The number of nitrogens with two attached hydrogens (primary N) is 2. The van der Waals surface area contributed by atoms with E-state index in [1.54, 1.807) is 24.5 Å². The van der Waals surface area contributed by atoms with Crippen LogP contribution in [0, 0.1) is 6.92 Å². The fraction of sp³-hybridized carbons (Fsp3) is 0.308. The van der Waals surface area contributed by atoms with Gasteiger partial charge in [0.05, 0.1) is 11.2 Å². The van der Waals surface area contributed by atoms with E-state index in [4.69, 9.17) is 11.5 Å². The Balaban J connectivity index is 2.11. The van der Waals surface area contributed by atoms with Crippen LogP contribution < -0.4 is 11.5 Å². The summed E-state index contributed by atoms with van der Waals surface area (Å²) < 4.78 is 0. The van der Waals surface area contributed by atoms with Crippen LogP contribution in [0.3, 0.4) is 0 Å². The van der Waals surface area contributed by atoms with Gasteiger partial charge in [-0.05, 0) is 25.5 Å². The molecule has 0 radical (unpaired) electrons. The third-order valence-electron chi connectivity index (χ3n) is 3.81. The predicted molar refractivity (Wildman–Crippen MR) is 70.2 cm³/mol. The Bertz CT molecular complexity index is 676. The zero-order valence-electron chi connectivity index (χ0n) is 10.9. The summed E-state index contributed by atoms with van der Waals surface area (Å²) in [5.41, 5.74) is 11.2. The van der Waals surface area contributed by atoms with Gasteiger partial charge in [0, 0.05) is 18.1 Å². The number of hydrogen-bond donors (Lipinski definition) is 2. The number of carbonyl (C=O) groups excluding carboxylic acids is 1. The Morgan fingerprint density at radius 2 is 2.10 bits per heavy atom. The van der Waals surface area contributed by atoms with Gasteiger partial charge in [0.15, 0.2) is 0 Å². The fourth-order valence-electron chi connectivity index (χ4n) is 2.60. The van der Waals surface area contributed by atoms with Crippen LogP contribution in [0.4, 0.5) is 0 Å². The van der Waals surface area contributed by atoms with Crippen LogP contribution in [-0.4, -0.2) is 25.8 Å². The zero-order valence-corrected chi connectivity index (χ0v) is 10.9. The van der Waals surface area contributed by atoms with Gasteiger partial charge in [-0.3, -0.25) is 4.79 Å². The Morgan fingerprint density at radius 1 is 1.30 bits per heavy atom. The molecule has 1 fully saturated rings. The highest BCUT2D eigenvalue weighted by Crippen LogP contribution is 2.60. The maximum Gasteiger partial charge on any atom is 0.232 e. The number of primary amides is 1. The molecule has 2 atom stereocenters. The van der Waals surface area contributed by atoms with Crippen molar-refractivity contribution in [3.8, 4) is 0 Å². The van der Waals surface area contributed by atoms with Crippen molar-refractivity contribution in [1.82, 2.24) is 19.9 Å². The quantitative estimate of drug-likeness (QED) is 0.779. The molecule has 0 spiro atoms. The molecule has 1 saturated carbocycles. The Morgan fingerprint density at radius 3 is 2.70 bits per heavy atom. The van der Waals surface area contributed by atoms with Crippen molar-refractivity contribution in [2.45, 2.75) is 24.3 Å². The average molecular weight is 270 g/mol. The molecule has 0 aromatic carbocycles. The lowest BCUT2D eigenvalue weighted by Crippen LogP contribution is -2.42. The molecule has 7 heteroatoms. The summed E-state index contributed by atoms with van der Waals surface area (Å²) in [7, 11) is 0. The molecular weight excluding hydrogens is 256 g/mol. The molecule has 0 bridgehead atoms. The summed E-state index contributed by atoms with van der Waals surface area (Å²) in [5, 5.41) is 0. The van der Waals surface area contributed by atoms with Crippen molar-refractivity contribution in [1.29, 1.82) is 0 Å². The minimum absolute atomic E-state index is 0.343.